The molecule has 0 spiro atoms. The Morgan fingerprint density at radius 2 is 2.21 bits per heavy atom. The van der Waals surface area contributed by atoms with Gasteiger partial charge in [0.25, 0.3) is 0 Å². The lowest BCUT2D eigenvalue weighted by Crippen LogP contribution is -2.03. The van der Waals surface area contributed by atoms with E-state index in [4.69, 9.17) is 10.3 Å². The van der Waals surface area contributed by atoms with E-state index in [-0.39, 0.29) is 0 Å². The molecule has 0 aromatic carbocycles. The molecule has 2 N–H and O–H groups in total. The maximum Gasteiger partial charge on any atom is 0.223 e. The highest BCUT2D eigenvalue weighted by molar-refractivity contribution is 5.72. The minimum absolute atomic E-state index is 0.473. The van der Waals surface area contributed by atoms with Crippen LogP contribution >= 0.6 is 0 Å². The number of nitrogens with two attached hydrogens (primary N) is 1. The van der Waals surface area contributed by atoms with Crippen molar-refractivity contribution in [2.45, 2.75) is 13.5 Å². The largest absolute Gasteiger partial charge is 0.398 e. The van der Waals surface area contributed by atoms with Crippen molar-refractivity contribution in [3.05, 3.63) is 42.7 Å². The molecule has 0 saturated heterocycles. The molecule has 0 aliphatic heterocycles. The molecule has 0 radical (unpaired) electrons. The molecule has 0 fully saturated rings. The lowest BCUT2D eigenvalue weighted by atomic mass is 10.2. The monoisotopic (exact) mass is 256 g/mol. The molecule has 0 bridgehead atoms. The van der Waals surface area contributed by atoms with Gasteiger partial charge in [0.1, 0.15) is 0 Å². The van der Waals surface area contributed by atoms with Gasteiger partial charge in [0, 0.05) is 30.6 Å². The van der Waals surface area contributed by atoms with Gasteiger partial charge in [-0.05, 0) is 6.07 Å². The molecule has 0 unspecified atom stereocenters. The van der Waals surface area contributed by atoms with E-state index in [9.17, 15) is 0 Å². The van der Waals surface area contributed by atoms with E-state index in [0.717, 1.165) is 11.3 Å². The van der Waals surface area contributed by atoms with Gasteiger partial charge in [-0.25, -0.2) is 4.98 Å². The number of imidazole rings is 1. The molecule has 7 heteroatoms. The molecule has 0 aliphatic rings. The van der Waals surface area contributed by atoms with Crippen LogP contribution in [0, 0.1) is 6.92 Å². The molecule has 0 saturated carbocycles. The normalized spacial score (nSPS) is 10.8. The standard InChI is InChI=1S/C12H12N6O/c1-8-16-12(17-19-8)6-18-7-15-5-11(18)9-4-14-3-2-10(9)13/h2-5,7H,6H2,1H3,(H2,13,14). The van der Waals surface area contributed by atoms with E-state index in [1.54, 1.807) is 37.9 Å². The quantitative estimate of drug-likeness (QED) is 0.758. The Morgan fingerprint density at radius 1 is 1.32 bits per heavy atom. The number of nitrogens with zero attached hydrogens (tertiary/aromatic N) is 5. The highest BCUT2D eigenvalue weighted by atomic mass is 16.5. The van der Waals surface area contributed by atoms with Crippen LogP contribution in [0.1, 0.15) is 11.7 Å². The highest BCUT2D eigenvalue weighted by Crippen LogP contribution is 2.24. The van der Waals surface area contributed by atoms with Crippen molar-refractivity contribution >= 4 is 5.69 Å². The Kier molecular flexibility index (Phi) is 2.71. The number of hydrogen-bond donors (Lipinski definition) is 1. The molecule has 3 aromatic heterocycles. The smallest absolute Gasteiger partial charge is 0.223 e. The van der Waals surface area contributed by atoms with Crippen LogP contribution in [-0.4, -0.2) is 24.7 Å². The Labute approximate surface area is 109 Å². The van der Waals surface area contributed by atoms with Gasteiger partial charge in [0.05, 0.1) is 24.8 Å². The zero-order valence-electron chi connectivity index (χ0n) is 10.3. The summed E-state index contributed by atoms with van der Waals surface area (Å²) in [7, 11) is 0. The maximum absolute atomic E-state index is 5.95. The number of anilines is 1. The first-order chi connectivity index (χ1) is 9.24. The van der Waals surface area contributed by atoms with Crippen molar-refractivity contribution in [1.82, 2.24) is 24.7 Å². The lowest BCUT2D eigenvalue weighted by Gasteiger charge is -2.07. The van der Waals surface area contributed by atoms with E-state index in [0.29, 0.717) is 23.9 Å². The Morgan fingerprint density at radius 3 is 2.95 bits per heavy atom. The molecule has 3 aromatic rings. The van der Waals surface area contributed by atoms with E-state index >= 15 is 0 Å². The zero-order valence-corrected chi connectivity index (χ0v) is 10.3. The van der Waals surface area contributed by atoms with Gasteiger partial charge >= 0.3 is 0 Å². The number of pyridine rings is 1. The van der Waals surface area contributed by atoms with E-state index in [1.165, 1.54) is 0 Å². The Balaban J connectivity index is 1.97. The van der Waals surface area contributed by atoms with Gasteiger partial charge in [0.2, 0.25) is 5.89 Å². The molecule has 0 atom stereocenters. The van der Waals surface area contributed by atoms with Crippen LogP contribution in [0.4, 0.5) is 5.69 Å². The summed E-state index contributed by atoms with van der Waals surface area (Å²) in [6.07, 6.45) is 6.81. The number of hydrogen-bond acceptors (Lipinski definition) is 6. The van der Waals surface area contributed by atoms with Crippen LogP contribution < -0.4 is 5.73 Å². The predicted octanol–water partition coefficient (Wildman–Crippen LogP) is 1.27. The van der Waals surface area contributed by atoms with Crippen molar-refractivity contribution in [2.24, 2.45) is 0 Å². The molecule has 96 valence electrons. The van der Waals surface area contributed by atoms with Gasteiger partial charge in [-0.3, -0.25) is 4.98 Å². The molecule has 0 aliphatic carbocycles. The molecule has 3 heterocycles. The van der Waals surface area contributed by atoms with Gasteiger partial charge in [-0.2, -0.15) is 4.98 Å². The third kappa shape index (κ3) is 2.17. The van der Waals surface area contributed by atoms with Crippen LogP contribution in [0.2, 0.25) is 0 Å². The highest BCUT2D eigenvalue weighted by Gasteiger charge is 2.11. The lowest BCUT2D eigenvalue weighted by molar-refractivity contribution is 0.386. The zero-order chi connectivity index (χ0) is 13.2. The molecule has 7 nitrogen and oxygen atoms in total. The van der Waals surface area contributed by atoms with Crippen LogP contribution in [0.5, 0.6) is 0 Å². The summed E-state index contributed by atoms with van der Waals surface area (Å²) in [5.74, 6) is 1.14. The third-order valence-corrected chi connectivity index (χ3v) is 2.72. The molecule has 0 amide bonds. The van der Waals surface area contributed by atoms with E-state index < -0.39 is 0 Å². The van der Waals surface area contributed by atoms with Crippen LogP contribution in [0.25, 0.3) is 11.3 Å². The van der Waals surface area contributed by atoms with Crippen molar-refractivity contribution in [3.8, 4) is 11.3 Å². The fraction of sp³-hybridized carbons (Fsp3) is 0.167. The van der Waals surface area contributed by atoms with Crippen molar-refractivity contribution in [3.63, 3.8) is 0 Å². The van der Waals surface area contributed by atoms with Crippen molar-refractivity contribution < 1.29 is 4.52 Å². The summed E-state index contributed by atoms with van der Waals surface area (Å²) in [6, 6.07) is 1.76. The average Bonchev–Trinajstić information content (AvgIpc) is 3.00. The average molecular weight is 256 g/mol. The molecular formula is C12H12N6O. The topological polar surface area (TPSA) is 95.7 Å². The summed E-state index contributed by atoms with van der Waals surface area (Å²) < 4.78 is 6.85. The summed E-state index contributed by atoms with van der Waals surface area (Å²) in [5, 5.41) is 3.87. The summed E-state index contributed by atoms with van der Waals surface area (Å²) >= 11 is 0. The van der Waals surface area contributed by atoms with Crippen LogP contribution in [-0.2, 0) is 6.54 Å². The maximum atomic E-state index is 5.95. The number of aromatic nitrogens is 5. The number of nitrogen functional groups attached to an aromatic ring is 1. The Bertz CT molecular complexity index is 702. The first-order valence-corrected chi connectivity index (χ1v) is 5.73. The summed E-state index contributed by atoms with van der Waals surface area (Å²) in [4.78, 5) is 12.4. The molecule has 19 heavy (non-hydrogen) atoms. The van der Waals surface area contributed by atoms with E-state index in [2.05, 4.69) is 20.1 Å². The predicted molar refractivity (Wildman–Crippen MR) is 68.0 cm³/mol. The second-order valence-electron chi connectivity index (χ2n) is 4.10. The Hall–Kier alpha value is -2.70. The fourth-order valence-electron chi connectivity index (χ4n) is 1.85. The first-order valence-electron chi connectivity index (χ1n) is 5.73. The van der Waals surface area contributed by atoms with Gasteiger partial charge in [-0.1, -0.05) is 5.16 Å². The number of rotatable bonds is 3. The van der Waals surface area contributed by atoms with Crippen molar-refractivity contribution in [2.75, 3.05) is 5.73 Å². The van der Waals surface area contributed by atoms with Gasteiger partial charge in [0.15, 0.2) is 5.82 Å². The van der Waals surface area contributed by atoms with E-state index in [1.807, 2.05) is 4.57 Å². The molecule has 3 rings (SSSR count). The third-order valence-electron chi connectivity index (χ3n) is 2.72. The molecular weight excluding hydrogens is 244 g/mol. The second-order valence-corrected chi connectivity index (χ2v) is 4.10. The van der Waals surface area contributed by atoms with Gasteiger partial charge < -0.3 is 14.8 Å². The van der Waals surface area contributed by atoms with Gasteiger partial charge in [-0.15, -0.1) is 0 Å². The first kappa shape index (κ1) is 11.4. The fourth-order valence-corrected chi connectivity index (χ4v) is 1.85. The summed E-state index contributed by atoms with van der Waals surface area (Å²) in [6.45, 7) is 2.23. The van der Waals surface area contributed by atoms with Crippen LogP contribution in [0.3, 0.4) is 0 Å². The van der Waals surface area contributed by atoms with Crippen molar-refractivity contribution in [1.29, 1.82) is 0 Å². The summed E-state index contributed by atoms with van der Waals surface area (Å²) in [5.41, 5.74) is 8.30. The number of aryl methyl sites for hydroxylation is 1. The SMILES string of the molecule is Cc1nc(Cn2cncc2-c2cnccc2N)no1. The minimum Gasteiger partial charge on any atom is -0.398 e. The van der Waals surface area contributed by atoms with Crippen LogP contribution in [0.15, 0.2) is 35.5 Å². The minimum atomic E-state index is 0.473. The second kappa shape index (κ2) is 4.52.